The van der Waals surface area contributed by atoms with Crippen molar-refractivity contribution in [2.45, 2.75) is 32.6 Å². The topological polar surface area (TPSA) is 115 Å². The fourth-order valence-electron chi connectivity index (χ4n) is 2.35. The summed E-state index contributed by atoms with van der Waals surface area (Å²) in [5, 5.41) is 9.50. The minimum atomic E-state index is -3.35. The highest BCUT2D eigenvalue weighted by atomic mass is 32.2. The third kappa shape index (κ3) is 8.00. The number of carboxylic acids is 1. The number of carboxylic acid groups (broad SMARTS) is 1. The van der Waals surface area contributed by atoms with Gasteiger partial charge in [0.1, 0.15) is 11.5 Å². The van der Waals surface area contributed by atoms with E-state index in [-0.39, 0.29) is 16.3 Å². The van der Waals surface area contributed by atoms with E-state index < -0.39 is 21.8 Å². The second kappa shape index (κ2) is 10.5. The fraction of sp³-hybridized carbons (Fsp3) is 0.227. The zero-order valence-electron chi connectivity index (χ0n) is 17.4. The molecule has 0 atom stereocenters. The number of Topliss-reactive ketones (excluding diaryl/α,β-unsaturated/α-hetero) is 1. The second-order valence-corrected chi connectivity index (χ2v) is 8.70. The van der Waals surface area contributed by atoms with Gasteiger partial charge in [0.15, 0.2) is 9.84 Å². The molecule has 2 rings (SSSR count). The Morgan fingerprint density at radius 2 is 1.50 bits per heavy atom. The van der Waals surface area contributed by atoms with E-state index in [1.807, 2.05) is 0 Å². The van der Waals surface area contributed by atoms with Crippen molar-refractivity contribution in [1.29, 1.82) is 0 Å². The molecule has 0 heterocycles. The molecular formula is C22H24O7S. The fourth-order valence-corrected chi connectivity index (χ4v) is 2.98. The Kier molecular flexibility index (Phi) is 8.67. The highest BCUT2D eigenvalue weighted by molar-refractivity contribution is 7.90. The summed E-state index contributed by atoms with van der Waals surface area (Å²) in [6, 6.07) is 10.6. The molecule has 0 aliphatic rings. The molecule has 0 saturated carbocycles. The van der Waals surface area contributed by atoms with E-state index in [2.05, 4.69) is 0 Å². The molecule has 0 spiro atoms. The number of rotatable bonds is 5. The first-order chi connectivity index (χ1) is 13.8. The molecule has 8 heteroatoms. The second-order valence-electron chi connectivity index (χ2n) is 6.69. The average Bonchev–Trinajstić information content (AvgIpc) is 2.60. The van der Waals surface area contributed by atoms with Crippen molar-refractivity contribution in [2.24, 2.45) is 0 Å². The largest absolute Gasteiger partial charge is 0.478 e. The molecule has 2 aromatic carbocycles. The number of aliphatic carboxylic acids is 1. The number of carbonyl (C=O) groups is 3. The smallest absolute Gasteiger partial charge is 0.336 e. The lowest BCUT2D eigenvalue weighted by molar-refractivity contribution is -0.132. The Bertz CT molecular complexity index is 1070. The molecule has 0 aliphatic heterocycles. The average molecular weight is 432 g/mol. The molecule has 0 fully saturated rings. The molecule has 0 bridgehead atoms. The Morgan fingerprint density at radius 3 is 1.90 bits per heavy atom. The summed E-state index contributed by atoms with van der Waals surface area (Å²) in [5.41, 5.74) is 1.70. The summed E-state index contributed by atoms with van der Waals surface area (Å²) in [6.45, 7) is 6.10. The standard InChI is InChI=1S/C19H18O6S.C3H6O/c1-12-10-14(4-9-18(12)25-13(2)20)11-17(19(21)22)15-5-7-16(8-6-15)26(3,23)24;1-3(2)4/h4-11H,1-3H3,(H,21,22);1-2H3/b17-11+;. The lowest BCUT2D eigenvalue weighted by Crippen LogP contribution is -2.03. The van der Waals surface area contributed by atoms with Crippen LogP contribution in [0.2, 0.25) is 0 Å². The number of hydrogen-bond donors (Lipinski definition) is 1. The summed E-state index contributed by atoms with van der Waals surface area (Å²) in [7, 11) is -3.35. The van der Waals surface area contributed by atoms with Crippen molar-refractivity contribution >= 4 is 39.2 Å². The van der Waals surface area contributed by atoms with E-state index in [0.29, 0.717) is 22.4 Å². The lowest BCUT2D eigenvalue weighted by atomic mass is 10.0. The van der Waals surface area contributed by atoms with Gasteiger partial charge in [0.2, 0.25) is 0 Å². The van der Waals surface area contributed by atoms with Gasteiger partial charge in [-0.25, -0.2) is 13.2 Å². The SMILES string of the molecule is CC(=O)Oc1ccc(/C=C(/C(=O)O)c2ccc(S(C)(=O)=O)cc2)cc1C.CC(C)=O. The van der Waals surface area contributed by atoms with Gasteiger partial charge in [-0.3, -0.25) is 4.79 Å². The van der Waals surface area contributed by atoms with E-state index in [1.165, 1.54) is 51.1 Å². The van der Waals surface area contributed by atoms with Gasteiger partial charge < -0.3 is 14.6 Å². The maximum Gasteiger partial charge on any atom is 0.336 e. The van der Waals surface area contributed by atoms with Crippen LogP contribution in [0.4, 0.5) is 0 Å². The van der Waals surface area contributed by atoms with Crippen molar-refractivity contribution in [3.8, 4) is 5.75 Å². The van der Waals surface area contributed by atoms with Crippen LogP contribution in [0.5, 0.6) is 5.75 Å². The van der Waals surface area contributed by atoms with E-state index in [9.17, 15) is 27.9 Å². The first kappa shape index (κ1) is 24.8. The summed E-state index contributed by atoms with van der Waals surface area (Å²) < 4.78 is 28.1. The number of ether oxygens (including phenoxy) is 1. The molecular weight excluding hydrogens is 408 g/mol. The van der Waals surface area contributed by atoms with Crippen molar-refractivity contribution < 1.29 is 32.6 Å². The van der Waals surface area contributed by atoms with E-state index in [1.54, 1.807) is 25.1 Å². The number of ketones is 1. The Morgan fingerprint density at radius 1 is 0.967 bits per heavy atom. The normalized spacial score (nSPS) is 11.2. The van der Waals surface area contributed by atoms with Crippen LogP contribution in [-0.4, -0.2) is 37.5 Å². The number of carbonyl (C=O) groups excluding carboxylic acids is 2. The zero-order valence-corrected chi connectivity index (χ0v) is 18.2. The van der Waals surface area contributed by atoms with Gasteiger partial charge >= 0.3 is 11.9 Å². The molecule has 160 valence electrons. The third-order valence-corrected chi connectivity index (χ3v) is 4.72. The highest BCUT2D eigenvalue weighted by Gasteiger charge is 2.13. The quantitative estimate of drug-likeness (QED) is 0.332. The predicted molar refractivity (Wildman–Crippen MR) is 114 cm³/mol. The monoisotopic (exact) mass is 432 g/mol. The third-order valence-electron chi connectivity index (χ3n) is 3.59. The van der Waals surface area contributed by atoms with E-state index >= 15 is 0 Å². The Hall–Kier alpha value is -3.26. The Balaban J connectivity index is 0.00000103. The van der Waals surface area contributed by atoms with Gasteiger partial charge in [-0.2, -0.15) is 0 Å². The molecule has 1 N–H and O–H groups in total. The Labute approximate surface area is 175 Å². The van der Waals surface area contributed by atoms with Gasteiger partial charge in [-0.1, -0.05) is 18.2 Å². The van der Waals surface area contributed by atoms with Crippen LogP contribution in [0.25, 0.3) is 11.6 Å². The number of aryl methyl sites for hydroxylation is 1. The van der Waals surface area contributed by atoms with E-state index in [4.69, 9.17) is 4.74 Å². The molecule has 0 unspecified atom stereocenters. The predicted octanol–water partition coefficient (Wildman–Crippen LogP) is 3.54. The molecule has 0 radical (unpaired) electrons. The van der Waals surface area contributed by atoms with Gasteiger partial charge in [-0.15, -0.1) is 0 Å². The molecule has 30 heavy (non-hydrogen) atoms. The summed E-state index contributed by atoms with van der Waals surface area (Å²) in [6.07, 6.45) is 2.56. The first-order valence-electron chi connectivity index (χ1n) is 8.83. The number of hydrogen-bond acceptors (Lipinski definition) is 6. The van der Waals surface area contributed by atoms with Crippen LogP contribution in [-0.2, 0) is 24.2 Å². The summed E-state index contributed by atoms with van der Waals surface area (Å²) in [4.78, 5) is 32.2. The molecule has 0 aromatic heterocycles. The molecule has 0 amide bonds. The molecule has 0 saturated heterocycles. The molecule has 0 aliphatic carbocycles. The lowest BCUT2D eigenvalue weighted by Gasteiger charge is -2.08. The van der Waals surface area contributed by atoms with Crippen molar-refractivity contribution in [2.75, 3.05) is 6.26 Å². The van der Waals surface area contributed by atoms with E-state index in [0.717, 1.165) is 6.26 Å². The minimum Gasteiger partial charge on any atom is -0.478 e. The molecule has 7 nitrogen and oxygen atoms in total. The highest BCUT2D eigenvalue weighted by Crippen LogP contribution is 2.24. The van der Waals surface area contributed by atoms with Crippen molar-refractivity contribution in [3.05, 3.63) is 59.2 Å². The first-order valence-corrected chi connectivity index (χ1v) is 10.7. The van der Waals surface area contributed by atoms with Gasteiger partial charge in [0.25, 0.3) is 0 Å². The van der Waals surface area contributed by atoms with Gasteiger partial charge in [-0.05, 0) is 67.8 Å². The van der Waals surface area contributed by atoms with Crippen LogP contribution in [0.15, 0.2) is 47.4 Å². The number of benzene rings is 2. The van der Waals surface area contributed by atoms with Crippen LogP contribution < -0.4 is 4.74 Å². The van der Waals surface area contributed by atoms with Crippen molar-refractivity contribution in [3.63, 3.8) is 0 Å². The van der Waals surface area contributed by atoms with Crippen LogP contribution in [0.3, 0.4) is 0 Å². The maximum atomic E-state index is 11.6. The van der Waals surface area contributed by atoms with Crippen LogP contribution in [0, 0.1) is 6.92 Å². The summed E-state index contributed by atoms with van der Waals surface area (Å²) >= 11 is 0. The maximum absolute atomic E-state index is 11.6. The number of sulfone groups is 1. The van der Waals surface area contributed by atoms with Gasteiger partial charge in [0.05, 0.1) is 10.5 Å². The molecule has 2 aromatic rings. The van der Waals surface area contributed by atoms with Crippen molar-refractivity contribution in [1.82, 2.24) is 0 Å². The number of esters is 1. The summed E-state index contributed by atoms with van der Waals surface area (Å²) in [5.74, 6) is -1.00. The van der Waals surface area contributed by atoms with Crippen LogP contribution >= 0.6 is 0 Å². The van der Waals surface area contributed by atoms with Gasteiger partial charge in [0, 0.05) is 13.2 Å². The minimum absolute atomic E-state index is 0.0182. The zero-order chi connectivity index (χ0) is 23.1. The van der Waals surface area contributed by atoms with Crippen LogP contribution in [0.1, 0.15) is 37.5 Å².